The average molecular weight is 441 g/mol. The van der Waals surface area contributed by atoms with Crippen LogP contribution in [0, 0.1) is 3.57 Å². The molecule has 1 atom stereocenters. The highest BCUT2D eigenvalue weighted by atomic mass is 127. The number of likely N-dealkylation sites (N-methyl/N-ethyl adjacent to an activating group) is 1. The number of nitrogens with zero attached hydrogens (tertiary/aromatic N) is 1. The summed E-state index contributed by atoms with van der Waals surface area (Å²) in [6, 6.07) is 12.4. The Hall–Kier alpha value is -1.60. The molecule has 0 spiro atoms. The summed E-state index contributed by atoms with van der Waals surface area (Å²) in [5.41, 5.74) is 1.87. The van der Waals surface area contributed by atoms with Crippen LogP contribution in [0.5, 0.6) is 0 Å². The molecule has 0 aliphatic carbocycles. The van der Waals surface area contributed by atoms with Gasteiger partial charge in [-0.1, -0.05) is 29.8 Å². The molecule has 1 aliphatic heterocycles. The first-order chi connectivity index (χ1) is 11.0. The van der Waals surface area contributed by atoms with E-state index in [-0.39, 0.29) is 11.8 Å². The van der Waals surface area contributed by atoms with Crippen LogP contribution in [0.2, 0.25) is 5.02 Å². The minimum atomic E-state index is -0.615. The Bertz CT molecular complexity index is 777. The van der Waals surface area contributed by atoms with E-state index < -0.39 is 6.04 Å². The van der Waals surface area contributed by atoms with Crippen molar-refractivity contribution in [3.63, 3.8) is 0 Å². The lowest BCUT2D eigenvalue weighted by Crippen LogP contribution is -2.45. The maximum atomic E-state index is 12.7. The molecule has 6 heteroatoms. The predicted molar refractivity (Wildman–Crippen MR) is 99.0 cm³/mol. The van der Waals surface area contributed by atoms with Crippen molar-refractivity contribution in [3.8, 4) is 0 Å². The van der Waals surface area contributed by atoms with Crippen molar-refractivity contribution in [1.29, 1.82) is 0 Å². The van der Waals surface area contributed by atoms with Gasteiger partial charge in [0.25, 0.3) is 5.91 Å². The second-order valence-electron chi connectivity index (χ2n) is 5.39. The summed E-state index contributed by atoms with van der Waals surface area (Å²) >= 11 is 8.38. The van der Waals surface area contributed by atoms with E-state index in [2.05, 4.69) is 27.9 Å². The van der Waals surface area contributed by atoms with Crippen LogP contribution in [0.15, 0.2) is 42.5 Å². The van der Waals surface area contributed by atoms with E-state index in [0.717, 1.165) is 9.13 Å². The van der Waals surface area contributed by atoms with Crippen LogP contribution in [-0.4, -0.2) is 24.9 Å². The number of benzene rings is 2. The third-order valence-corrected chi connectivity index (χ3v) is 4.90. The number of halogens is 2. The highest BCUT2D eigenvalue weighted by molar-refractivity contribution is 14.1. The van der Waals surface area contributed by atoms with Crippen molar-refractivity contribution >= 4 is 51.7 Å². The van der Waals surface area contributed by atoms with Gasteiger partial charge in [-0.25, -0.2) is 0 Å². The first kappa shape index (κ1) is 16.3. The molecule has 3 rings (SSSR count). The monoisotopic (exact) mass is 440 g/mol. The molecular formula is C17H14ClIN2O2. The van der Waals surface area contributed by atoms with E-state index in [9.17, 15) is 9.59 Å². The molecule has 2 amide bonds. The van der Waals surface area contributed by atoms with E-state index in [1.165, 1.54) is 4.90 Å². The van der Waals surface area contributed by atoms with Gasteiger partial charge >= 0.3 is 0 Å². The second-order valence-corrected chi connectivity index (χ2v) is 7.04. The third kappa shape index (κ3) is 3.21. The fraction of sp³-hybridized carbons (Fsp3) is 0.176. The van der Waals surface area contributed by atoms with E-state index in [1.54, 1.807) is 25.2 Å². The molecule has 23 heavy (non-hydrogen) atoms. The number of carbonyl (C=O) groups excluding carboxylic acids is 2. The van der Waals surface area contributed by atoms with Crippen molar-refractivity contribution in [1.82, 2.24) is 5.32 Å². The molecule has 0 aromatic heterocycles. The zero-order valence-corrected chi connectivity index (χ0v) is 15.3. The van der Waals surface area contributed by atoms with Gasteiger partial charge in [-0.2, -0.15) is 0 Å². The summed E-state index contributed by atoms with van der Waals surface area (Å²) < 4.78 is 1.12. The van der Waals surface area contributed by atoms with Crippen molar-refractivity contribution in [3.05, 3.63) is 62.2 Å². The Labute approximate surface area is 153 Å². The SMILES string of the molecule is CN1C(=O)C(Cc2ccc(I)cc2)NC(=O)c2c(Cl)cccc21. The average Bonchev–Trinajstić information content (AvgIpc) is 2.62. The van der Waals surface area contributed by atoms with Crippen LogP contribution in [0.25, 0.3) is 0 Å². The Kier molecular flexibility index (Phi) is 4.59. The van der Waals surface area contributed by atoms with Crippen LogP contribution in [0.1, 0.15) is 15.9 Å². The summed E-state index contributed by atoms with van der Waals surface area (Å²) in [5, 5.41) is 3.14. The molecule has 1 unspecified atom stereocenters. The molecule has 2 aromatic rings. The number of hydrogen-bond acceptors (Lipinski definition) is 2. The molecule has 0 fully saturated rings. The molecule has 1 heterocycles. The zero-order valence-electron chi connectivity index (χ0n) is 12.3. The Morgan fingerprint density at radius 2 is 1.87 bits per heavy atom. The molecule has 0 radical (unpaired) electrons. The lowest BCUT2D eigenvalue weighted by Gasteiger charge is -2.21. The van der Waals surface area contributed by atoms with Crippen LogP contribution < -0.4 is 10.2 Å². The lowest BCUT2D eigenvalue weighted by atomic mass is 10.1. The van der Waals surface area contributed by atoms with Gasteiger partial charge in [0, 0.05) is 17.0 Å². The molecule has 1 aliphatic rings. The molecule has 1 N–H and O–H groups in total. The maximum Gasteiger partial charge on any atom is 0.255 e. The minimum absolute atomic E-state index is 0.155. The summed E-state index contributed by atoms with van der Waals surface area (Å²) in [5.74, 6) is -0.475. The van der Waals surface area contributed by atoms with Crippen molar-refractivity contribution in [2.24, 2.45) is 0 Å². The van der Waals surface area contributed by atoms with Gasteiger partial charge in [-0.15, -0.1) is 0 Å². The standard InChI is InChI=1S/C17H14ClIN2O2/c1-21-14-4-2-3-12(18)15(14)16(22)20-13(17(21)23)9-10-5-7-11(19)8-6-10/h2-8,13H,9H2,1H3,(H,20,22). The molecule has 4 nitrogen and oxygen atoms in total. The number of anilines is 1. The maximum absolute atomic E-state index is 12.7. The van der Waals surface area contributed by atoms with Gasteiger partial charge in [0.15, 0.2) is 0 Å². The topological polar surface area (TPSA) is 49.4 Å². The largest absolute Gasteiger partial charge is 0.340 e. The molecule has 0 saturated heterocycles. The first-order valence-corrected chi connectivity index (χ1v) is 8.54. The molecule has 0 saturated carbocycles. The Morgan fingerprint density at radius 1 is 1.17 bits per heavy atom. The molecule has 118 valence electrons. The van der Waals surface area contributed by atoms with E-state index in [4.69, 9.17) is 11.6 Å². The number of hydrogen-bond donors (Lipinski definition) is 1. The smallest absolute Gasteiger partial charge is 0.255 e. The quantitative estimate of drug-likeness (QED) is 0.729. The number of carbonyl (C=O) groups is 2. The lowest BCUT2D eigenvalue weighted by molar-refractivity contribution is -0.120. The van der Waals surface area contributed by atoms with Gasteiger partial charge in [0.1, 0.15) is 6.04 Å². The van der Waals surface area contributed by atoms with Crippen LogP contribution in [0.4, 0.5) is 5.69 Å². The van der Waals surface area contributed by atoms with Crippen LogP contribution in [-0.2, 0) is 11.2 Å². The summed E-state index contributed by atoms with van der Waals surface area (Å²) in [4.78, 5) is 26.7. The Balaban J connectivity index is 1.94. The van der Waals surface area contributed by atoms with Crippen molar-refractivity contribution < 1.29 is 9.59 Å². The third-order valence-electron chi connectivity index (χ3n) is 3.87. The number of amides is 2. The summed E-state index contributed by atoms with van der Waals surface area (Å²) in [7, 11) is 1.67. The van der Waals surface area contributed by atoms with E-state index in [0.29, 0.717) is 22.7 Å². The fourth-order valence-electron chi connectivity index (χ4n) is 2.66. The molecule has 0 bridgehead atoms. The summed E-state index contributed by atoms with van der Waals surface area (Å²) in [6.07, 6.45) is 0.442. The zero-order chi connectivity index (χ0) is 16.6. The van der Waals surface area contributed by atoms with E-state index >= 15 is 0 Å². The van der Waals surface area contributed by atoms with Crippen molar-refractivity contribution in [2.75, 3.05) is 11.9 Å². The highest BCUT2D eigenvalue weighted by Gasteiger charge is 2.32. The van der Waals surface area contributed by atoms with Gasteiger partial charge in [-0.05, 0) is 52.4 Å². The Morgan fingerprint density at radius 3 is 2.57 bits per heavy atom. The highest BCUT2D eigenvalue weighted by Crippen LogP contribution is 2.29. The summed E-state index contributed by atoms with van der Waals surface area (Å²) in [6.45, 7) is 0. The molecular weight excluding hydrogens is 427 g/mol. The van der Waals surface area contributed by atoms with Gasteiger partial charge in [0.05, 0.1) is 16.3 Å². The van der Waals surface area contributed by atoms with Crippen molar-refractivity contribution in [2.45, 2.75) is 12.5 Å². The number of nitrogens with one attached hydrogen (secondary N) is 1. The van der Waals surface area contributed by atoms with E-state index in [1.807, 2.05) is 24.3 Å². The normalized spacial score (nSPS) is 17.5. The van der Waals surface area contributed by atoms with Gasteiger partial charge in [-0.3, -0.25) is 9.59 Å². The van der Waals surface area contributed by atoms with Gasteiger partial charge < -0.3 is 10.2 Å². The fourth-order valence-corrected chi connectivity index (χ4v) is 3.27. The van der Waals surface area contributed by atoms with Crippen LogP contribution in [0.3, 0.4) is 0 Å². The minimum Gasteiger partial charge on any atom is -0.340 e. The first-order valence-electron chi connectivity index (χ1n) is 7.09. The number of rotatable bonds is 2. The number of fused-ring (bicyclic) bond motifs is 1. The van der Waals surface area contributed by atoms with Gasteiger partial charge in [0.2, 0.25) is 5.91 Å². The second kappa shape index (κ2) is 6.49. The predicted octanol–water partition coefficient (Wildman–Crippen LogP) is 3.26. The van der Waals surface area contributed by atoms with Crippen LogP contribution >= 0.6 is 34.2 Å². The molecule has 2 aromatic carbocycles.